The first-order valence-electron chi connectivity index (χ1n) is 9.29. The highest BCUT2D eigenvalue weighted by molar-refractivity contribution is 5.56. The van der Waals surface area contributed by atoms with Crippen LogP contribution in [0.1, 0.15) is 38.0 Å². The van der Waals surface area contributed by atoms with Crippen LogP contribution in [0, 0.1) is 6.92 Å². The van der Waals surface area contributed by atoms with E-state index in [2.05, 4.69) is 34.3 Å². The molecule has 0 saturated carbocycles. The number of nitrogens with zero attached hydrogens (tertiary/aromatic N) is 2. The van der Waals surface area contributed by atoms with Crippen LogP contribution in [0.2, 0.25) is 0 Å². The summed E-state index contributed by atoms with van der Waals surface area (Å²) in [5.74, 6) is 1.76. The van der Waals surface area contributed by atoms with Crippen LogP contribution in [0.5, 0.6) is 0 Å². The third kappa shape index (κ3) is 5.17. The van der Waals surface area contributed by atoms with Gasteiger partial charge in [-0.2, -0.15) is 5.10 Å². The van der Waals surface area contributed by atoms with Gasteiger partial charge in [0.2, 0.25) is 0 Å². The van der Waals surface area contributed by atoms with Crippen LogP contribution in [0.25, 0.3) is 11.5 Å². The molecule has 0 aromatic carbocycles. The van der Waals surface area contributed by atoms with E-state index in [-0.39, 0.29) is 0 Å². The van der Waals surface area contributed by atoms with Crippen molar-refractivity contribution in [3.63, 3.8) is 0 Å². The van der Waals surface area contributed by atoms with Crippen molar-refractivity contribution in [2.24, 2.45) is 0 Å². The summed E-state index contributed by atoms with van der Waals surface area (Å²) < 4.78 is 11.5. The number of furan rings is 1. The third-order valence-electron chi connectivity index (χ3n) is 4.59. The van der Waals surface area contributed by atoms with E-state index in [1.54, 1.807) is 0 Å². The summed E-state index contributed by atoms with van der Waals surface area (Å²) in [5, 5.41) is 10.7. The van der Waals surface area contributed by atoms with E-state index in [0.29, 0.717) is 12.2 Å². The predicted octanol–water partition coefficient (Wildman–Crippen LogP) is 2.96. The Bertz CT molecular complexity index is 641. The molecule has 0 aliphatic carbocycles. The molecule has 25 heavy (non-hydrogen) atoms. The molecule has 1 saturated heterocycles. The summed E-state index contributed by atoms with van der Waals surface area (Å²) in [5.41, 5.74) is 2.11. The fourth-order valence-corrected chi connectivity index (χ4v) is 3.50. The van der Waals surface area contributed by atoms with Crippen molar-refractivity contribution in [3.05, 3.63) is 29.7 Å². The number of unbranched alkanes of at least 4 members (excludes halogenated alkanes) is 1. The van der Waals surface area contributed by atoms with Crippen molar-refractivity contribution in [1.29, 1.82) is 0 Å². The Hall–Kier alpha value is -1.63. The number of aromatic nitrogens is 2. The Balaban J connectivity index is 1.35. The van der Waals surface area contributed by atoms with Crippen LogP contribution < -0.4 is 5.32 Å². The van der Waals surface area contributed by atoms with E-state index in [4.69, 9.17) is 9.15 Å². The van der Waals surface area contributed by atoms with Crippen LogP contribution in [0.4, 0.5) is 0 Å². The molecule has 6 nitrogen and oxygen atoms in total. The average Bonchev–Trinajstić information content (AvgIpc) is 3.18. The molecular weight excluding hydrogens is 316 g/mol. The summed E-state index contributed by atoms with van der Waals surface area (Å²) >= 11 is 0. The fourth-order valence-electron chi connectivity index (χ4n) is 3.50. The van der Waals surface area contributed by atoms with Crippen LogP contribution in [0.15, 0.2) is 22.7 Å². The van der Waals surface area contributed by atoms with Gasteiger partial charge in [-0.25, -0.2) is 0 Å². The monoisotopic (exact) mass is 346 g/mol. The second-order valence-electron chi connectivity index (χ2n) is 7.08. The maximum Gasteiger partial charge on any atom is 0.152 e. The van der Waals surface area contributed by atoms with E-state index in [1.165, 1.54) is 12.8 Å². The number of aryl methyl sites for hydroxylation is 1. The van der Waals surface area contributed by atoms with Crippen molar-refractivity contribution in [2.45, 2.75) is 52.4 Å². The Morgan fingerprint density at radius 1 is 1.24 bits per heavy atom. The van der Waals surface area contributed by atoms with Gasteiger partial charge in [0.05, 0.1) is 18.4 Å². The molecule has 6 heteroatoms. The minimum Gasteiger partial charge on any atom is -0.460 e. The lowest BCUT2D eigenvalue weighted by Gasteiger charge is -2.35. The molecule has 0 radical (unpaired) electrons. The van der Waals surface area contributed by atoms with Crippen LogP contribution in [-0.2, 0) is 11.3 Å². The second kappa shape index (κ2) is 8.65. The van der Waals surface area contributed by atoms with Crippen molar-refractivity contribution in [2.75, 3.05) is 26.2 Å². The lowest BCUT2D eigenvalue weighted by atomic mass is 10.2. The number of rotatable bonds is 8. The predicted molar refractivity (Wildman–Crippen MR) is 98.4 cm³/mol. The Labute approximate surface area is 149 Å². The highest BCUT2D eigenvalue weighted by Crippen LogP contribution is 2.23. The molecule has 0 bridgehead atoms. The lowest BCUT2D eigenvalue weighted by molar-refractivity contribution is -0.0681. The molecule has 3 heterocycles. The SMILES string of the molecule is Cc1ccc(-c2[nH]ncc2CNCCCCN2CC(C)OC(C)C2)o1. The molecule has 1 aliphatic rings. The molecule has 1 aliphatic heterocycles. The highest BCUT2D eigenvalue weighted by atomic mass is 16.5. The normalized spacial score (nSPS) is 21.7. The highest BCUT2D eigenvalue weighted by Gasteiger charge is 2.21. The fraction of sp³-hybridized carbons (Fsp3) is 0.632. The zero-order chi connectivity index (χ0) is 17.6. The van der Waals surface area contributed by atoms with Crippen LogP contribution in [-0.4, -0.2) is 53.5 Å². The van der Waals surface area contributed by atoms with Gasteiger partial charge in [-0.05, 0) is 58.8 Å². The van der Waals surface area contributed by atoms with Crippen molar-refractivity contribution >= 4 is 0 Å². The second-order valence-corrected chi connectivity index (χ2v) is 7.08. The molecule has 2 unspecified atom stereocenters. The maximum atomic E-state index is 5.78. The molecule has 2 aromatic rings. The zero-order valence-electron chi connectivity index (χ0n) is 15.5. The first-order valence-corrected chi connectivity index (χ1v) is 9.29. The Morgan fingerprint density at radius 3 is 2.76 bits per heavy atom. The standard InChI is InChI=1S/C19H30N4O2/c1-14-6-7-18(25-14)19-17(11-21-22-19)10-20-8-4-5-9-23-12-15(2)24-16(3)13-23/h6-7,11,15-16,20H,4-5,8-10,12-13H2,1-3H3,(H,21,22). The minimum absolute atomic E-state index is 0.353. The Morgan fingerprint density at radius 2 is 2.04 bits per heavy atom. The number of nitrogens with one attached hydrogen (secondary N) is 2. The molecule has 2 atom stereocenters. The average molecular weight is 346 g/mol. The smallest absolute Gasteiger partial charge is 0.152 e. The van der Waals surface area contributed by atoms with Crippen LogP contribution in [0.3, 0.4) is 0 Å². The molecule has 1 fully saturated rings. The molecule has 2 N–H and O–H groups in total. The molecule has 0 spiro atoms. The topological polar surface area (TPSA) is 66.3 Å². The zero-order valence-corrected chi connectivity index (χ0v) is 15.5. The van der Waals surface area contributed by atoms with Gasteiger partial charge in [-0.15, -0.1) is 0 Å². The largest absolute Gasteiger partial charge is 0.460 e. The van der Waals surface area contributed by atoms with Crippen molar-refractivity contribution < 1.29 is 9.15 Å². The van der Waals surface area contributed by atoms with Gasteiger partial charge in [0, 0.05) is 25.2 Å². The number of hydrogen-bond acceptors (Lipinski definition) is 5. The number of H-pyrrole nitrogens is 1. The first-order chi connectivity index (χ1) is 12.1. The summed E-state index contributed by atoms with van der Waals surface area (Å²) in [6.07, 6.45) is 4.96. The maximum absolute atomic E-state index is 5.78. The summed E-state index contributed by atoms with van der Waals surface area (Å²) in [6, 6.07) is 3.96. The molecule has 0 amide bonds. The van der Waals surface area contributed by atoms with Crippen LogP contribution >= 0.6 is 0 Å². The molecule has 3 rings (SSSR count). The van der Waals surface area contributed by atoms with Gasteiger partial charge >= 0.3 is 0 Å². The first kappa shape index (κ1) is 18.2. The number of ether oxygens (including phenoxy) is 1. The lowest BCUT2D eigenvalue weighted by Crippen LogP contribution is -2.45. The van der Waals surface area contributed by atoms with Gasteiger partial charge in [0.25, 0.3) is 0 Å². The van der Waals surface area contributed by atoms with E-state index in [1.807, 2.05) is 25.3 Å². The van der Waals surface area contributed by atoms with Gasteiger partial charge in [0.15, 0.2) is 5.76 Å². The Kier molecular flexibility index (Phi) is 6.29. The van der Waals surface area contributed by atoms with E-state index >= 15 is 0 Å². The third-order valence-corrected chi connectivity index (χ3v) is 4.59. The molecular formula is C19H30N4O2. The summed E-state index contributed by atoms with van der Waals surface area (Å²) in [4.78, 5) is 2.52. The van der Waals surface area contributed by atoms with Gasteiger partial charge in [-0.1, -0.05) is 0 Å². The van der Waals surface area contributed by atoms with Gasteiger partial charge in [0.1, 0.15) is 11.5 Å². The van der Waals surface area contributed by atoms with Gasteiger partial charge in [-0.3, -0.25) is 10.00 Å². The summed E-state index contributed by atoms with van der Waals surface area (Å²) in [7, 11) is 0. The van der Waals surface area contributed by atoms with Gasteiger partial charge < -0.3 is 14.5 Å². The van der Waals surface area contributed by atoms with E-state index in [9.17, 15) is 0 Å². The van der Waals surface area contributed by atoms with E-state index < -0.39 is 0 Å². The molecule has 138 valence electrons. The van der Waals surface area contributed by atoms with Crippen molar-refractivity contribution in [3.8, 4) is 11.5 Å². The van der Waals surface area contributed by atoms with Crippen molar-refractivity contribution in [1.82, 2.24) is 20.4 Å². The minimum atomic E-state index is 0.353. The van der Waals surface area contributed by atoms with E-state index in [0.717, 1.165) is 55.5 Å². The number of hydrogen-bond donors (Lipinski definition) is 2. The number of morpholine rings is 1. The number of aromatic amines is 1. The molecule has 2 aromatic heterocycles. The quantitative estimate of drug-likeness (QED) is 0.720. The summed E-state index contributed by atoms with van der Waals surface area (Å²) in [6.45, 7) is 11.3.